The van der Waals surface area contributed by atoms with Crippen molar-refractivity contribution >= 4 is 39.9 Å². The second-order valence-corrected chi connectivity index (χ2v) is 7.30. The molecule has 0 saturated heterocycles. The van der Waals surface area contributed by atoms with Crippen LogP contribution in [0.1, 0.15) is 35.7 Å². The number of aliphatic hydroxyl groups is 1. The molecule has 1 atom stereocenters. The van der Waals surface area contributed by atoms with Crippen LogP contribution in [0.4, 0.5) is 20.2 Å². The van der Waals surface area contributed by atoms with Gasteiger partial charge in [0.15, 0.2) is 11.6 Å². The van der Waals surface area contributed by atoms with E-state index in [2.05, 4.69) is 33.4 Å². The van der Waals surface area contributed by atoms with Gasteiger partial charge < -0.3 is 10.4 Å². The Morgan fingerprint density at radius 2 is 2.04 bits per heavy atom. The number of nitrogens with one attached hydrogen (secondary N) is 2. The Hall–Kier alpha value is -1.78. The van der Waals surface area contributed by atoms with E-state index in [0.29, 0.717) is 12.1 Å². The molecule has 3 N–H and O–H groups in total. The van der Waals surface area contributed by atoms with Crippen LogP contribution in [-0.4, -0.2) is 23.7 Å². The Labute approximate surface area is 170 Å². The first kappa shape index (κ1) is 21.5. The van der Waals surface area contributed by atoms with E-state index >= 15 is 0 Å². The Balaban J connectivity index is 2.21. The Bertz CT molecular complexity index is 818. The molecule has 27 heavy (non-hydrogen) atoms. The smallest absolute Gasteiger partial charge is 0.277 e. The molecule has 2 rings (SSSR count). The SMILES string of the molecule is CCCC(O)CONC(=O)c1ccc(F)c(F)c1Nc1ccc(I)cc1C. The van der Waals surface area contributed by atoms with Crippen LogP contribution in [0.15, 0.2) is 30.3 Å². The molecule has 2 aromatic carbocycles. The van der Waals surface area contributed by atoms with Gasteiger partial charge >= 0.3 is 0 Å². The highest BCUT2D eigenvalue weighted by atomic mass is 127. The van der Waals surface area contributed by atoms with Crippen LogP contribution in [-0.2, 0) is 4.84 Å². The Morgan fingerprint density at radius 3 is 2.70 bits per heavy atom. The fraction of sp³-hybridized carbons (Fsp3) is 0.316. The largest absolute Gasteiger partial charge is 0.391 e. The van der Waals surface area contributed by atoms with Gasteiger partial charge in [0.05, 0.1) is 17.4 Å². The van der Waals surface area contributed by atoms with E-state index in [1.54, 1.807) is 6.07 Å². The lowest BCUT2D eigenvalue weighted by Crippen LogP contribution is -2.29. The first-order valence-corrected chi connectivity index (χ1v) is 9.52. The third-order valence-electron chi connectivity index (χ3n) is 3.85. The summed E-state index contributed by atoms with van der Waals surface area (Å²) in [7, 11) is 0. The lowest BCUT2D eigenvalue weighted by atomic mass is 10.1. The van der Waals surface area contributed by atoms with Crippen molar-refractivity contribution in [1.82, 2.24) is 5.48 Å². The lowest BCUT2D eigenvalue weighted by Gasteiger charge is -2.16. The van der Waals surface area contributed by atoms with Crippen molar-refractivity contribution in [3.05, 3.63) is 56.7 Å². The van der Waals surface area contributed by atoms with Crippen LogP contribution >= 0.6 is 22.6 Å². The van der Waals surface area contributed by atoms with Crippen molar-refractivity contribution in [1.29, 1.82) is 0 Å². The quantitative estimate of drug-likeness (QED) is 0.378. The summed E-state index contributed by atoms with van der Waals surface area (Å²) in [5.74, 6) is -2.98. The zero-order chi connectivity index (χ0) is 20.0. The predicted molar refractivity (Wildman–Crippen MR) is 108 cm³/mol. The highest BCUT2D eigenvalue weighted by Gasteiger charge is 2.20. The van der Waals surface area contributed by atoms with Crippen LogP contribution < -0.4 is 10.8 Å². The zero-order valence-electron chi connectivity index (χ0n) is 15.0. The monoisotopic (exact) mass is 490 g/mol. The van der Waals surface area contributed by atoms with E-state index in [9.17, 15) is 18.7 Å². The minimum absolute atomic E-state index is 0.0950. The number of benzene rings is 2. The summed E-state index contributed by atoms with van der Waals surface area (Å²) in [4.78, 5) is 17.3. The molecule has 1 unspecified atom stereocenters. The second kappa shape index (κ2) is 9.95. The average Bonchev–Trinajstić information content (AvgIpc) is 2.61. The number of carbonyl (C=O) groups is 1. The van der Waals surface area contributed by atoms with Crippen molar-refractivity contribution in [3.8, 4) is 0 Å². The first-order chi connectivity index (χ1) is 12.8. The minimum Gasteiger partial charge on any atom is -0.391 e. The zero-order valence-corrected chi connectivity index (χ0v) is 17.1. The summed E-state index contributed by atoms with van der Waals surface area (Å²) >= 11 is 2.15. The van der Waals surface area contributed by atoms with Crippen LogP contribution in [0.2, 0.25) is 0 Å². The standard InChI is InChI=1S/C19H21F2IN2O3/c1-3-4-13(25)10-27-24-19(26)14-6-7-15(20)17(21)18(14)23-16-8-5-12(22)9-11(16)2/h5-9,13,23,25H,3-4,10H2,1-2H3,(H,24,26). The van der Waals surface area contributed by atoms with Gasteiger partial charge in [-0.25, -0.2) is 14.3 Å². The third kappa shape index (κ3) is 5.85. The molecule has 0 fully saturated rings. The molecule has 8 heteroatoms. The maximum atomic E-state index is 14.4. The van der Waals surface area contributed by atoms with Crippen molar-refractivity contribution < 1.29 is 23.5 Å². The van der Waals surface area contributed by atoms with Gasteiger partial charge in [0.25, 0.3) is 5.91 Å². The van der Waals surface area contributed by atoms with Gasteiger partial charge in [-0.15, -0.1) is 0 Å². The van der Waals surface area contributed by atoms with E-state index < -0.39 is 23.6 Å². The molecule has 0 aliphatic heterocycles. The molecular formula is C19H21F2IN2O3. The Kier molecular flexibility index (Phi) is 7.93. The van der Waals surface area contributed by atoms with E-state index in [4.69, 9.17) is 4.84 Å². The predicted octanol–water partition coefficient (Wildman–Crippen LogP) is 4.44. The number of hydroxylamine groups is 1. The van der Waals surface area contributed by atoms with E-state index in [1.165, 1.54) is 6.07 Å². The summed E-state index contributed by atoms with van der Waals surface area (Å²) in [6, 6.07) is 7.45. The molecule has 0 heterocycles. The fourth-order valence-electron chi connectivity index (χ4n) is 2.44. The first-order valence-electron chi connectivity index (χ1n) is 8.44. The van der Waals surface area contributed by atoms with E-state index in [0.717, 1.165) is 21.6 Å². The van der Waals surface area contributed by atoms with Gasteiger partial charge in [-0.1, -0.05) is 13.3 Å². The van der Waals surface area contributed by atoms with E-state index in [-0.39, 0.29) is 17.9 Å². The number of amides is 1. The van der Waals surface area contributed by atoms with Gasteiger partial charge in [0, 0.05) is 9.26 Å². The molecule has 0 saturated carbocycles. The molecule has 146 valence electrons. The van der Waals surface area contributed by atoms with Crippen molar-refractivity contribution in [2.75, 3.05) is 11.9 Å². The molecule has 0 radical (unpaired) electrons. The number of halogens is 3. The molecule has 5 nitrogen and oxygen atoms in total. The van der Waals surface area contributed by atoms with Gasteiger partial charge in [-0.3, -0.25) is 9.63 Å². The second-order valence-electron chi connectivity index (χ2n) is 6.05. The fourth-order valence-corrected chi connectivity index (χ4v) is 3.09. The topological polar surface area (TPSA) is 70.6 Å². The van der Waals surface area contributed by atoms with Gasteiger partial charge in [0.2, 0.25) is 0 Å². The highest BCUT2D eigenvalue weighted by molar-refractivity contribution is 14.1. The molecule has 1 amide bonds. The molecule has 0 aromatic heterocycles. The maximum absolute atomic E-state index is 14.4. The Morgan fingerprint density at radius 1 is 1.30 bits per heavy atom. The highest BCUT2D eigenvalue weighted by Crippen LogP contribution is 2.28. The summed E-state index contributed by atoms with van der Waals surface area (Å²) < 4.78 is 29.1. The lowest BCUT2D eigenvalue weighted by molar-refractivity contribution is -0.0149. The molecule has 0 bridgehead atoms. The summed E-state index contributed by atoms with van der Waals surface area (Å²) in [5.41, 5.74) is 3.12. The van der Waals surface area contributed by atoms with Gasteiger partial charge in [-0.2, -0.15) is 0 Å². The maximum Gasteiger partial charge on any atom is 0.277 e. The number of hydrogen-bond donors (Lipinski definition) is 3. The van der Waals surface area contributed by atoms with Crippen LogP contribution in [0.5, 0.6) is 0 Å². The van der Waals surface area contributed by atoms with Crippen LogP contribution in [0, 0.1) is 22.1 Å². The molecule has 0 aliphatic carbocycles. The third-order valence-corrected chi connectivity index (χ3v) is 4.52. The number of anilines is 2. The van der Waals surface area contributed by atoms with Crippen LogP contribution in [0.3, 0.4) is 0 Å². The number of carbonyl (C=O) groups excluding carboxylic acids is 1. The van der Waals surface area contributed by atoms with E-state index in [1.807, 2.05) is 26.0 Å². The number of rotatable bonds is 8. The summed E-state index contributed by atoms with van der Waals surface area (Å²) in [6.45, 7) is 3.63. The van der Waals surface area contributed by atoms with Crippen molar-refractivity contribution in [2.24, 2.45) is 0 Å². The van der Waals surface area contributed by atoms with Crippen molar-refractivity contribution in [2.45, 2.75) is 32.8 Å². The van der Waals surface area contributed by atoms with Crippen LogP contribution in [0.25, 0.3) is 0 Å². The van der Waals surface area contributed by atoms with Crippen molar-refractivity contribution in [3.63, 3.8) is 0 Å². The average molecular weight is 490 g/mol. The van der Waals surface area contributed by atoms with Gasteiger partial charge in [0.1, 0.15) is 6.61 Å². The number of aliphatic hydroxyl groups excluding tert-OH is 1. The molecule has 0 aliphatic rings. The number of aryl methyl sites for hydroxylation is 1. The molecule has 0 spiro atoms. The normalized spacial score (nSPS) is 11.9. The minimum atomic E-state index is -1.16. The summed E-state index contributed by atoms with van der Waals surface area (Å²) in [5, 5.41) is 12.4. The molecular weight excluding hydrogens is 469 g/mol. The number of hydrogen-bond acceptors (Lipinski definition) is 4. The van der Waals surface area contributed by atoms with Gasteiger partial charge in [-0.05, 0) is 71.8 Å². The molecule has 2 aromatic rings. The summed E-state index contributed by atoms with van der Waals surface area (Å²) in [6.07, 6.45) is 0.581.